The number of amides is 1. The minimum Gasteiger partial charge on any atom is -0.493 e. The standard InChI is InChI=1S/C17H19FN2O2/c18-14-5-7-15(8-6-14)22-12-13-3-2-10-20(11-13)17(21)16-4-1-9-19-16/h1,4-9,13,19H,2-3,10-12H2/t13-/m0/s1. The molecule has 0 unspecified atom stereocenters. The summed E-state index contributed by atoms with van der Waals surface area (Å²) in [5, 5.41) is 0. The van der Waals surface area contributed by atoms with Gasteiger partial charge in [0.05, 0.1) is 6.61 Å². The number of carbonyl (C=O) groups excluding carboxylic acids is 1. The van der Waals surface area contributed by atoms with E-state index in [2.05, 4.69) is 4.98 Å². The van der Waals surface area contributed by atoms with Crippen molar-refractivity contribution in [1.82, 2.24) is 9.88 Å². The zero-order valence-electron chi connectivity index (χ0n) is 12.3. The lowest BCUT2D eigenvalue weighted by Gasteiger charge is -2.32. The van der Waals surface area contributed by atoms with Crippen molar-refractivity contribution in [3.05, 3.63) is 54.1 Å². The van der Waals surface area contributed by atoms with Gasteiger partial charge >= 0.3 is 0 Å². The zero-order chi connectivity index (χ0) is 15.4. The van der Waals surface area contributed by atoms with E-state index >= 15 is 0 Å². The Hall–Kier alpha value is -2.30. The van der Waals surface area contributed by atoms with Crippen LogP contribution in [0.2, 0.25) is 0 Å². The van der Waals surface area contributed by atoms with Crippen LogP contribution in [0.15, 0.2) is 42.6 Å². The summed E-state index contributed by atoms with van der Waals surface area (Å²) in [4.78, 5) is 17.2. The number of nitrogens with zero attached hydrogens (tertiary/aromatic N) is 1. The Morgan fingerprint density at radius 2 is 2.14 bits per heavy atom. The number of benzene rings is 1. The Labute approximate surface area is 128 Å². The molecular weight excluding hydrogens is 283 g/mol. The van der Waals surface area contributed by atoms with E-state index < -0.39 is 0 Å². The topological polar surface area (TPSA) is 45.3 Å². The van der Waals surface area contributed by atoms with Crippen molar-refractivity contribution < 1.29 is 13.9 Å². The van der Waals surface area contributed by atoms with Crippen molar-refractivity contribution >= 4 is 5.91 Å². The second-order valence-corrected chi connectivity index (χ2v) is 5.61. The van der Waals surface area contributed by atoms with Gasteiger partial charge < -0.3 is 14.6 Å². The number of carbonyl (C=O) groups is 1. The fraction of sp³-hybridized carbons (Fsp3) is 0.353. The molecule has 2 heterocycles. The first-order valence-corrected chi connectivity index (χ1v) is 7.53. The Kier molecular flexibility index (Phi) is 4.42. The highest BCUT2D eigenvalue weighted by atomic mass is 19.1. The number of nitrogens with one attached hydrogen (secondary N) is 1. The van der Waals surface area contributed by atoms with Crippen LogP contribution in [0, 0.1) is 11.7 Å². The van der Waals surface area contributed by atoms with Crippen LogP contribution in [0.5, 0.6) is 5.75 Å². The van der Waals surface area contributed by atoms with E-state index in [1.54, 1.807) is 24.4 Å². The van der Waals surface area contributed by atoms with Gasteiger partial charge in [-0.1, -0.05) is 0 Å². The molecule has 1 atom stereocenters. The molecule has 1 amide bonds. The molecule has 0 aliphatic carbocycles. The monoisotopic (exact) mass is 302 g/mol. The molecule has 5 heteroatoms. The highest BCUT2D eigenvalue weighted by Crippen LogP contribution is 2.20. The Morgan fingerprint density at radius 1 is 1.32 bits per heavy atom. The molecule has 1 aliphatic rings. The minimum absolute atomic E-state index is 0.0384. The van der Waals surface area contributed by atoms with Crippen molar-refractivity contribution in [2.24, 2.45) is 5.92 Å². The second kappa shape index (κ2) is 6.64. The van der Waals surface area contributed by atoms with Crippen LogP contribution in [0.3, 0.4) is 0 Å². The number of ether oxygens (including phenoxy) is 1. The fourth-order valence-electron chi connectivity index (χ4n) is 2.76. The van der Waals surface area contributed by atoms with Gasteiger partial charge in [0.1, 0.15) is 17.3 Å². The van der Waals surface area contributed by atoms with Gasteiger partial charge in [-0.15, -0.1) is 0 Å². The average molecular weight is 302 g/mol. The molecule has 0 bridgehead atoms. The van der Waals surface area contributed by atoms with Crippen LogP contribution in [0.1, 0.15) is 23.3 Å². The Morgan fingerprint density at radius 3 is 2.86 bits per heavy atom. The summed E-state index contributed by atoms with van der Waals surface area (Å²) in [6.45, 7) is 2.02. The number of piperidine rings is 1. The molecule has 116 valence electrons. The summed E-state index contributed by atoms with van der Waals surface area (Å²) in [6.07, 6.45) is 3.77. The van der Waals surface area contributed by atoms with E-state index in [0.29, 0.717) is 30.5 Å². The maximum Gasteiger partial charge on any atom is 0.270 e. The lowest BCUT2D eigenvalue weighted by Crippen LogP contribution is -2.41. The molecule has 1 N–H and O–H groups in total. The lowest BCUT2D eigenvalue weighted by molar-refractivity contribution is 0.0628. The first-order chi connectivity index (χ1) is 10.7. The second-order valence-electron chi connectivity index (χ2n) is 5.61. The molecule has 1 fully saturated rings. The number of hydrogen-bond acceptors (Lipinski definition) is 2. The minimum atomic E-state index is -0.271. The zero-order valence-corrected chi connectivity index (χ0v) is 12.3. The van der Waals surface area contributed by atoms with E-state index in [-0.39, 0.29) is 11.7 Å². The summed E-state index contributed by atoms with van der Waals surface area (Å²) < 4.78 is 18.6. The van der Waals surface area contributed by atoms with Gasteiger partial charge in [-0.05, 0) is 49.2 Å². The molecule has 0 spiro atoms. The van der Waals surface area contributed by atoms with E-state index in [1.165, 1.54) is 12.1 Å². The van der Waals surface area contributed by atoms with Crippen LogP contribution < -0.4 is 4.74 Å². The van der Waals surface area contributed by atoms with Gasteiger partial charge in [0, 0.05) is 25.2 Å². The van der Waals surface area contributed by atoms with Crippen molar-refractivity contribution in [2.45, 2.75) is 12.8 Å². The van der Waals surface area contributed by atoms with Crippen molar-refractivity contribution in [2.75, 3.05) is 19.7 Å². The van der Waals surface area contributed by atoms with Crippen LogP contribution in [0.25, 0.3) is 0 Å². The molecule has 1 aromatic carbocycles. The molecule has 4 nitrogen and oxygen atoms in total. The number of likely N-dealkylation sites (tertiary alicyclic amines) is 1. The molecule has 0 saturated carbocycles. The van der Waals surface area contributed by atoms with Crippen molar-refractivity contribution in [1.29, 1.82) is 0 Å². The molecule has 0 radical (unpaired) electrons. The quantitative estimate of drug-likeness (QED) is 0.943. The third-order valence-corrected chi connectivity index (χ3v) is 3.93. The van der Waals surface area contributed by atoms with E-state index in [0.717, 1.165) is 19.4 Å². The van der Waals surface area contributed by atoms with Gasteiger partial charge in [0.15, 0.2) is 0 Å². The molecule has 22 heavy (non-hydrogen) atoms. The lowest BCUT2D eigenvalue weighted by atomic mass is 9.98. The van der Waals surface area contributed by atoms with Crippen molar-refractivity contribution in [3.63, 3.8) is 0 Å². The van der Waals surface area contributed by atoms with Gasteiger partial charge in [0.25, 0.3) is 5.91 Å². The number of aromatic nitrogens is 1. The van der Waals surface area contributed by atoms with Crippen LogP contribution >= 0.6 is 0 Å². The van der Waals surface area contributed by atoms with Crippen LogP contribution in [0.4, 0.5) is 4.39 Å². The highest BCUT2D eigenvalue weighted by molar-refractivity contribution is 5.92. The van der Waals surface area contributed by atoms with E-state index in [1.807, 2.05) is 11.0 Å². The first kappa shape index (κ1) is 14.6. The Balaban J connectivity index is 1.54. The van der Waals surface area contributed by atoms with E-state index in [9.17, 15) is 9.18 Å². The number of H-pyrrole nitrogens is 1. The number of halogens is 1. The van der Waals surface area contributed by atoms with Gasteiger partial charge in [-0.3, -0.25) is 4.79 Å². The summed E-state index contributed by atoms with van der Waals surface area (Å²) >= 11 is 0. The summed E-state index contributed by atoms with van der Waals surface area (Å²) in [6, 6.07) is 9.64. The maximum absolute atomic E-state index is 12.9. The molecule has 3 rings (SSSR count). The highest BCUT2D eigenvalue weighted by Gasteiger charge is 2.25. The number of aromatic amines is 1. The summed E-state index contributed by atoms with van der Waals surface area (Å²) in [7, 11) is 0. The van der Waals surface area contributed by atoms with Crippen molar-refractivity contribution in [3.8, 4) is 5.75 Å². The molecular formula is C17H19FN2O2. The third-order valence-electron chi connectivity index (χ3n) is 3.93. The predicted molar refractivity (Wildman–Crippen MR) is 81.3 cm³/mol. The van der Waals surface area contributed by atoms with E-state index in [4.69, 9.17) is 4.74 Å². The SMILES string of the molecule is O=C(c1ccc[nH]1)N1CCC[C@H](COc2ccc(F)cc2)C1. The van der Waals surface area contributed by atoms with Gasteiger partial charge in [-0.25, -0.2) is 4.39 Å². The fourth-order valence-corrected chi connectivity index (χ4v) is 2.76. The number of rotatable bonds is 4. The summed E-state index contributed by atoms with van der Waals surface area (Å²) in [5.74, 6) is 0.733. The largest absolute Gasteiger partial charge is 0.493 e. The molecule has 1 aromatic heterocycles. The normalized spacial score (nSPS) is 18.2. The predicted octanol–water partition coefficient (Wildman–Crippen LogP) is 3.09. The van der Waals surface area contributed by atoms with Gasteiger partial charge in [0.2, 0.25) is 0 Å². The number of hydrogen-bond donors (Lipinski definition) is 1. The molecule has 1 aliphatic heterocycles. The molecule has 1 saturated heterocycles. The molecule has 2 aromatic rings. The van der Waals surface area contributed by atoms with Crippen LogP contribution in [-0.2, 0) is 0 Å². The Bertz CT molecular complexity index is 610. The first-order valence-electron chi connectivity index (χ1n) is 7.53. The van der Waals surface area contributed by atoms with Crippen LogP contribution in [-0.4, -0.2) is 35.5 Å². The third kappa shape index (κ3) is 3.47. The van der Waals surface area contributed by atoms with Gasteiger partial charge in [-0.2, -0.15) is 0 Å². The maximum atomic E-state index is 12.9. The smallest absolute Gasteiger partial charge is 0.270 e. The summed E-state index contributed by atoms with van der Waals surface area (Å²) in [5.41, 5.74) is 0.625. The average Bonchev–Trinajstić information content (AvgIpc) is 3.08.